The summed E-state index contributed by atoms with van der Waals surface area (Å²) < 4.78 is 10.8. The summed E-state index contributed by atoms with van der Waals surface area (Å²) in [5.41, 5.74) is 0.816. The van der Waals surface area contributed by atoms with E-state index in [1.807, 2.05) is 30.3 Å². The normalized spacial score (nSPS) is 19.9. The van der Waals surface area contributed by atoms with Gasteiger partial charge in [-0.15, -0.1) is 13.2 Å². The number of hydrogen-bond donors (Lipinski definition) is 2. The Kier molecular flexibility index (Phi) is 12.2. The van der Waals surface area contributed by atoms with Crippen LogP contribution < -0.4 is 5.32 Å². The van der Waals surface area contributed by atoms with Crippen LogP contribution in [0.1, 0.15) is 50.5 Å². The maximum Gasteiger partial charge on any atom is 0.408 e. The van der Waals surface area contributed by atoms with E-state index in [1.54, 1.807) is 15.9 Å². The molecule has 2 aliphatic heterocycles. The lowest BCUT2D eigenvalue weighted by molar-refractivity contribution is -0.150. The minimum absolute atomic E-state index is 0.0214. The highest BCUT2D eigenvalue weighted by Gasteiger charge is 2.37. The lowest BCUT2D eigenvalue weighted by Crippen LogP contribution is -2.46. The Morgan fingerprint density at radius 2 is 1.65 bits per heavy atom. The molecule has 2 heterocycles. The minimum atomic E-state index is -0.975. The summed E-state index contributed by atoms with van der Waals surface area (Å²) in [6.07, 6.45) is 5.95. The summed E-state index contributed by atoms with van der Waals surface area (Å²) in [6, 6.07) is 7.68. The van der Waals surface area contributed by atoms with Crippen LogP contribution in [0.25, 0.3) is 0 Å². The van der Waals surface area contributed by atoms with Gasteiger partial charge in [0.1, 0.15) is 19.3 Å². The Hall–Kier alpha value is -3.66. The van der Waals surface area contributed by atoms with E-state index in [-0.39, 0.29) is 56.6 Å². The molecule has 3 amide bonds. The van der Waals surface area contributed by atoms with Gasteiger partial charge in [-0.2, -0.15) is 0 Å². The van der Waals surface area contributed by atoms with Crippen molar-refractivity contribution in [3.63, 3.8) is 0 Å². The summed E-state index contributed by atoms with van der Waals surface area (Å²) in [7, 11) is 0. The molecular formula is C30H41N3O7. The number of amides is 3. The molecule has 0 spiro atoms. The van der Waals surface area contributed by atoms with Crippen LogP contribution in [0.4, 0.5) is 4.79 Å². The zero-order valence-electron chi connectivity index (χ0n) is 23.0. The van der Waals surface area contributed by atoms with Gasteiger partial charge in [-0.25, -0.2) is 9.59 Å². The molecule has 2 N–H and O–H groups in total. The first-order valence-corrected chi connectivity index (χ1v) is 13.9. The molecule has 40 heavy (non-hydrogen) atoms. The molecular weight excluding hydrogens is 514 g/mol. The topological polar surface area (TPSA) is 125 Å². The smallest absolute Gasteiger partial charge is 0.408 e. The molecule has 1 aromatic rings. The molecule has 0 unspecified atom stereocenters. The first-order valence-electron chi connectivity index (χ1n) is 13.9. The molecule has 0 aliphatic carbocycles. The van der Waals surface area contributed by atoms with Crippen LogP contribution in [0.15, 0.2) is 55.6 Å². The zero-order valence-corrected chi connectivity index (χ0v) is 23.0. The van der Waals surface area contributed by atoms with Crippen molar-refractivity contribution < 1.29 is 33.8 Å². The second kappa shape index (κ2) is 15.8. The average Bonchev–Trinajstić information content (AvgIpc) is 3.64. The maximum atomic E-state index is 13.5. The molecule has 3 rings (SSSR count). The van der Waals surface area contributed by atoms with E-state index in [9.17, 15) is 24.3 Å². The third-order valence-corrected chi connectivity index (χ3v) is 7.40. The van der Waals surface area contributed by atoms with Crippen molar-refractivity contribution in [1.29, 1.82) is 0 Å². The molecule has 0 radical (unpaired) electrons. The summed E-state index contributed by atoms with van der Waals surface area (Å²) in [4.78, 5) is 54.9. The van der Waals surface area contributed by atoms with Crippen LogP contribution in [0.5, 0.6) is 0 Å². The van der Waals surface area contributed by atoms with Crippen molar-refractivity contribution in [3.05, 3.63) is 61.2 Å². The molecule has 0 aromatic heterocycles. The molecule has 218 valence electrons. The number of hydrogen-bond acceptors (Lipinski definition) is 7. The van der Waals surface area contributed by atoms with Crippen molar-refractivity contribution >= 4 is 23.9 Å². The van der Waals surface area contributed by atoms with Gasteiger partial charge in [0.05, 0.1) is 24.6 Å². The predicted octanol–water partition coefficient (Wildman–Crippen LogP) is 2.96. The number of nitrogens with one attached hydrogen (secondary N) is 1. The Labute approximate surface area is 236 Å². The number of nitrogens with zero attached hydrogens (tertiary/aromatic N) is 2. The van der Waals surface area contributed by atoms with Gasteiger partial charge in [-0.3, -0.25) is 9.59 Å². The molecule has 0 bridgehead atoms. The van der Waals surface area contributed by atoms with Crippen LogP contribution in [0, 0.1) is 5.92 Å². The van der Waals surface area contributed by atoms with Crippen molar-refractivity contribution in [1.82, 2.24) is 15.1 Å². The lowest BCUT2D eigenvalue weighted by Gasteiger charge is -2.30. The summed E-state index contributed by atoms with van der Waals surface area (Å²) in [5.74, 6) is -1.53. The zero-order chi connectivity index (χ0) is 28.9. The highest BCUT2D eigenvalue weighted by molar-refractivity contribution is 5.87. The average molecular weight is 556 g/mol. The van der Waals surface area contributed by atoms with Gasteiger partial charge in [0.2, 0.25) is 11.8 Å². The van der Waals surface area contributed by atoms with E-state index in [1.165, 1.54) is 6.08 Å². The minimum Gasteiger partial charge on any atom is -0.462 e. The molecule has 2 aliphatic rings. The molecule has 2 fully saturated rings. The van der Waals surface area contributed by atoms with E-state index in [0.717, 1.165) is 24.8 Å². The fourth-order valence-corrected chi connectivity index (χ4v) is 5.25. The highest BCUT2D eigenvalue weighted by Crippen LogP contribution is 2.26. The number of alkyl carbamates (subject to hydrolysis) is 1. The van der Waals surface area contributed by atoms with Crippen molar-refractivity contribution in [2.24, 2.45) is 5.92 Å². The number of allylic oxidation sites excluding steroid dienone is 1. The van der Waals surface area contributed by atoms with Crippen LogP contribution in [0.3, 0.4) is 0 Å². The fraction of sp³-hybridized carbons (Fsp3) is 0.533. The van der Waals surface area contributed by atoms with E-state index in [2.05, 4.69) is 18.5 Å². The Bertz CT molecular complexity index is 1030. The SMILES string of the molecule is C=CC[C@@H](CC(=O)N1CCC[C@H]1CO)C(=O)N1CCC[C@H]1COC(=O)[C@@H](CC=C)NC(=O)OCc1ccccc1. The van der Waals surface area contributed by atoms with Crippen LogP contribution in [-0.4, -0.2) is 83.2 Å². The Morgan fingerprint density at radius 1 is 0.975 bits per heavy atom. The number of ether oxygens (including phenoxy) is 2. The Morgan fingerprint density at radius 3 is 2.33 bits per heavy atom. The number of benzene rings is 1. The first kappa shape index (κ1) is 30.9. The highest BCUT2D eigenvalue weighted by atomic mass is 16.6. The number of aliphatic hydroxyl groups is 1. The van der Waals surface area contributed by atoms with Crippen LogP contribution in [-0.2, 0) is 30.5 Å². The van der Waals surface area contributed by atoms with Gasteiger partial charge in [-0.05, 0) is 44.1 Å². The number of carbonyl (C=O) groups is 4. The third-order valence-electron chi connectivity index (χ3n) is 7.40. The molecule has 1 aromatic carbocycles. The standard InChI is InChI=1S/C30H41N3O7/c1-3-10-23(18-27(35)32-16-8-14-24(32)19-34)28(36)33-17-9-15-25(33)21-39-29(37)26(11-4-2)31-30(38)40-20-22-12-6-5-7-13-22/h3-7,12-13,23-26,34H,1-2,8-11,14-21H2,(H,31,38)/t23-,24-,25-,26+/m0/s1. The molecule has 0 saturated carbocycles. The van der Waals surface area contributed by atoms with E-state index < -0.39 is 24.0 Å². The van der Waals surface area contributed by atoms with Gasteiger partial charge in [0.25, 0.3) is 0 Å². The summed E-state index contributed by atoms with van der Waals surface area (Å²) in [6.45, 7) is 8.45. The predicted molar refractivity (Wildman–Crippen MR) is 149 cm³/mol. The molecule has 4 atom stereocenters. The summed E-state index contributed by atoms with van der Waals surface area (Å²) in [5, 5.41) is 12.1. The summed E-state index contributed by atoms with van der Waals surface area (Å²) >= 11 is 0. The van der Waals surface area contributed by atoms with Crippen LogP contribution >= 0.6 is 0 Å². The van der Waals surface area contributed by atoms with Crippen molar-refractivity contribution in [3.8, 4) is 0 Å². The van der Waals surface area contributed by atoms with Gasteiger partial charge in [-0.1, -0.05) is 42.5 Å². The van der Waals surface area contributed by atoms with E-state index in [0.29, 0.717) is 25.9 Å². The van der Waals surface area contributed by atoms with Crippen molar-refractivity contribution in [2.45, 2.75) is 69.7 Å². The maximum absolute atomic E-state index is 13.5. The van der Waals surface area contributed by atoms with Gasteiger partial charge in [0, 0.05) is 19.5 Å². The quantitative estimate of drug-likeness (QED) is 0.267. The first-order chi connectivity index (χ1) is 19.4. The molecule has 10 heteroatoms. The van der Waals surface area contributed by atoms with Crippen molar-refractivity contribution in [2.75, 3.05) is 26.3 Å². The second-order valence-electron chi connectivity index (χ2n) is 10.2. The van der Waals surface area contributed by atoms with E-state index in [4.69, 9.17) is 9.47 Å². The Balaban J connectivity index is 1.54. The second-order valence-corrected chi connectivity index (χ2v) is 10.2. The van der Waals surface area contributed by atoms with Gasteiger partial charge < -0.3 is 29.7 Å². The van der Waals surface area contributed by atoms with Gasteiger partial charge in [0.15, 0.2) is 0 Å². The number of carbonyl (C=O) groups excluding carboxylic acids is 4. The number of esters is 1. The number of likely N-dealkylation sites (tertiary alicyclic amines) is 2. The molecule has 10 nitrogen and oxygen atoms in total. The van der Waals surface area contributed by atoms with E-state index >= 15 is 0 Å². The van der Waals surface area contributed by atoms with Crippen LogP contribution in [0.2, 0.25) is 0 Å². The number of aliphatic hydroxyl groups excluding tert-OH is 1. The number of rotatable bonds is 14. The van der Waals surface area contributed by atoms with Gasteiger partial charge >= 0.3 is 12.1 Å². The monoisotopic (exact) mass is 555 g/mol. The fourth-order valence-electron chi connectivity index (χ4n) is 5.25. The largest absolute Gasteiger partial charge is 0.462 e. The third kappa shape index (κ3) is 8.67. The molecule has 2 saturated heterocycles. The lowest BCUT2D eigenvalue weighted by atomic mass is 9.98.